The highest BCUT2D eigenvalue weighted by molar-refractivity contribution is 5.75. The van der Waals surface area contributed by atoms with Crippen molar-refractivity contribution in [1.29, 1.82) is 0 Å². The molecule has 1 unspecified atom stereocenters. The highest BCUT2D eigenvalue weighted by Gasteiger charge is 2.57. The largest absolute Gasteiger partial charge is 0.461 e. The van der Waals surface area contributed by atoms with Gasteiger partial charge in [0, 0.05) is 18.8 Å². The van der Waals surface area contributed by atoms with Crippen LogP contribution in [-0.2, 0) is 19.1 Å². The second-order valence-electron chi connectivity index (χ2n) is 6.74. The average molecular weight is 306 g/mol. The molecule has 0 amide bonds. The van der Waals surface area contributed by atoms with Crippen molar-refractivity contribution >= 4 is 11.9 Å². The highest BCUT2D eigenvalue weighted by Crippen LogP contribution is 2.52. The molecule has 0 aromatic rings. The quantitative estimate of drug-likeness (QED) is 0.588. The number of hydrogen-bond acceptors (Lipinski definition) is 5. The van der Waals surface area contributed by atoms with Gasteiger partial charge in [-0.15, -0.1) is 0 Å². The van der Waals surface area contributed by atoms with Crippen LogP contribution in [0.2, 0.25) is 0 Å². The van der Waals surface area contributed by atoms with Gasteiger partial charge in [-0.2, -0.15) is 0 Å². The number of hydrogen-bond donors (Lipinski definition) is 1. The molecule has 7 atom stereocenters. The molecule has 1 heterocycles. The zero-order valence-corrected chi connectivity index (χ0v) is 13.0. The lowest BCUT2D eigenvalue weighted by Crippen LogP contribution is -2.35. The Morgan fingerprint density at radius 3 is 2.73 bits per heavy atom. The molecule has 3 fully saturated rings. The lowest BCUT2D eigenvalue weighted by atomic mass is 9.79. The predicted octanol–water partition coefficient (Wildman–Crippen LogP) is 1.61. The summed E-state index contributed by atoms with van der Waals surface area (Å²) in [6, 6.07) is 0. The third kappa shape index (κ3) is 2.19. The van der Waals surface area contributed by atoms with Gasteiger partial charge in [-0.25, -0.2) is 0 Å². The van der Waals surface area contributed by atoms with Crippen molar-refractivity contribution < 1.29 is 24.2 Å². The molecular weight excluding hydrogens is 284 g/mol. The summed E-state index contributed by atoms with van der Waals surface area (Å²) >= 11 is 0. The number of fused-ring (bicyclic) bond motifs is 3. The number of rotatable bonds is 1. The number of aliphatic hydroxyl groups excluding tert-OH is 1. The van der Waals surface area contributed by atoms with Crippen LogP contribution >= 0.6 is 0 Å². The monoisotopic (exact) mass is 306 g/mol. The molecule has 5 heteroatoms. The van der Waals surface area contributed by atoms with E-state index in [9.17, 15) is 14.7 Å². The molecule has 5 nitrogen and oxygen atoms in total. The van der Waals surface area contributed by atoms with Crippen molar-refractivity contribution in [3.05, 3.63) is 24.3 Å². The van der Waals surface area contributed by atoms with E-state index in [1.807, 2.05) is 0 Å². The van der Waals surface area contributed by atoms with Crippen LogP contribution in [0.5, 0.6) is 0 Å². The number of carbonyl (C=O) groups is 2. The first kappa shape index (κ1) is 15.3. The van der Waals surface area contributed by atoms with Crippen molar-refractivity contribution in [2.24, 2.45) is 23.7 Å². The van der Waals surface area contributed by atoms with Crippen LogP contribution < -0.4 is 0 Å². The topological polar surface area (TPSA) is 72.8 Å². The first-order valence-electron chi connectivity index (χ1n) is 7.73. The number of esters is 2. The minimum Gasteiger partial charge on any atom is -0.461 e. The van der Waals surface area contributed by atoms with Crippen LogP contribution in [0.4, 0.5) is 0 Å². The molecule has 0 spiro atoms. The first-order chi connectivity index (χ1) is 10.3. The molecule has 0 aromatic heterocycles. The van der Waals surface area contributed by atoms with Gasteiger partial charge in [-0.1, -0.05) is 25.7 Å². The van der Waals surface area contributed by atoms with Crippen molar-refractivity contribution in [3.8, 4) is 0 Å². The third-order valence-electron chi connectivity index (χ3n) is 5.43. The van der Waals surface area contributed by atoms with Crippen LogP contribution in [-0.4, -0.2) is 35.4 Å². The molecule has 1 N–H and O–H groups in total. The molecule has 0 aromatic carbocycles. The van der Waals surface area contributed by atoms with Gasteiger partial charge in [0.2, 0.25) is 0 Å². The zero-order chi connectivity index (χ0) is 16.2. The Kier molecular flexibility index (Phi) is 3.63. The Morgan fingerprint density at radius 2 is 2.09 bits per heavy atom. The maximum atomic E-state index is 12.0. The maximum Gasteiger partial charge on any atom is 0.309 e. The van der Waals surface area contributed by atoms with Crippen LogP contribution in [0, 0.1) is 23.7 Å². The van der Waals surface area contributed by atoms with E-state index in [0.29, 0.717) is 12.8 Å². The van der Waals surface area contributed by atoms with E-state index in [-0.39, 0.29) is 41.7 Å². The predicted molar refractivity (Wildman–Crippen MR) is 78.6 cm³/mol. The Bertz CT molecular complexity index is 551. The molecule has 120 valence electrons. The fourth-order valence-corrected chi connectivity index (χ4v) is 4.37. The Morgan fingerprint density at radius 1 is 1.41 bits per heavy atom. The van der Waals surface area contributed by atoms with Crippen LogP contribution in [0.15, 0.2) is 24.3 Å². The van der Waals surface area contributed by atoms with E-state index in [2.05, 4.69) is 13.2 Å². The Hall–Kier alpha value is -1.62. The molecule has 3 aliphatic rings. The standard InChI is InChI=1S/C17H22O5/c1-7-5-12(19)15-9(3)17(20)22-16(15)14-8(2)13(6-11(7)14)21-10(4)18/h9,11-16,19H,1-2,5-6H2,3-4H3/t9-,11+,12+,13+,14+,15?,16-/m1/s1. The smallest absolute Gasteiger partial charge is 0.309 e. The lowest BCUT2D eigenvalue weighted by Gasteiger charge is -2.27. The second kappa shape index (κ2) is 5.23. The molecule has 2 saturated carbocycles. The lowest BCUT2D eigenvalue weighted by molar-refractivity contribution is -0.146. The zero-order valence-electron chi connectivity index (χ0n) is 13.0. The summed E-state index contributed by atoms with van der Waals surface area (Å²) in [6.45, 7) is 11.4. The van der Waals surface area contributed by atoms with E-state index in [0.717, 1.165) is 11.1 Å². The van der Waals surface area contributed by atoms with E-state index in [1.54, 1.807) is 6.92 Å². The minimum absolute atomic E-state index is 0.0274. The third-order valence-corrected chi connectivity index (χ3v) is 5.43. The first-order valence-corrected chi connectivity index (χ1v) is 7.73. The van der Waals surface area contributed by atoms with Gasteiger partial charge in [0.05, 0.1) is 12.0 Å². The van der Waals surface area contributed by atoms with Gasteiger partial charge >= 0.3 is 11.9 Å². The summed E-state index contributed by atoms with van der Waals surface area (Å²) in [4.78, 5) is 23.2. The van der Waals surface area contributed by atoms with Gasteiger partial charge < -0.3 is 14.6 Å². The molecule has 1 saturated heterocycles. The Labute approximate surface area is 130 Å². The Balaban J connectivity index is 1.95. The SMILES string of the molecule is C=C1[C@H]2[C@@H](C[C@@H]1OC(C)=O)C(=C)C[C@H](O)C1[C@@H](C)C(=O)O[C@@H]12. The summed E-state index contributed by atoms with van der Waals surface area (Å²) in [5.41, 5.74) is 1.69. The van der Waals surface area contributed by atoms with E-state index in [4.69, 9.17) is 9.47 Å². The molecule has 22 heavy (non-hydrogen) atoms. The van der Waals surface area contributed by atoms with Crippen LogP contribution in [0.25, 0.3) is 0 Å². The van der Waals surface area contributed by atoms with Crippen molar-refractivity contribution in [3.63, 3.8) is 0 Å². The fourth-order valence-electron chi connectivity index (χ4n) is 4.37. The maximum absolute atomic E-state index is 12.0. The van der Waals surface area contributed by atoms with Crippen LogP contribution in [0.3, 0.4) is 0 Å². The summed E-state index contributed by atoms with van der Waals surface area (Å²) in [6.07, 6.45) is -0.359. The summed E-state index contributed by atoms with van der Waals surface area (Å²) in [5.74, 6) is -1.32. The van der Waals surface area contributed by atoms with Gasteiger partial charge in [0.1, 0.15) is 12.2 Å². The van der Waals surface area contributed by atoms with E-state index >= 15 is 0 Å². The molecule has 0 radical (unpaired) electrons. The van der Waals surface area contributed by atoms with Gasteiger partial charge in [-0.3, -0.25) is 9.59 Å². The molecular formula is C17H22O5. The molecule has 1 aliphatic heterocycles. The normalized spacial score (nSPS) is 44.1. The molecule has 0 bridgehead atoms. The number of ether oxygens (including phenoxy) is 2. The van der Waals surface area contributed by atoms with Gasteiger partial charge in [0.15, 0.2) is 0 Å². The minimum atomic E-state index is -0.635. The number of aliphatic hydroxyl groups is 1. The van der Waals surface area contributed by atoms with Gasteiger partial charge in [-0.05, 0) is 24.3 Å². The summed E-state index contributed by atoms with van der Waals surface area (Å²) in [5, 5.41) is 10.5. The van der Waals surface area contributed by atoms with Gasteiger partial charge in [0.25, 0.3) is 0 Å². The van der Waals surface area contributed by atoms with E-state index in [1.165, 1.54) is 6.92 Å². The molecule has 2 aliphatic carbocycles. The number of carbonyl (C=O) groups excluding carboxylic acids is 2. The van der Waals surface area contributed by atoms with E-state index < -0.39 is 12.2 Å². The van der Waals surface area contributed by atoms with Crippen molar-refractivity contribution in [2.45, 2.75) is 45.0 Å². The average Bonchev–Trinajstić information content (AvgIpc) is 2.85. The summed E-state index contributed by atoms with van der Waals surface area (Å²) in [7, 11) is 0. The van der Waals surface area contributed by atoms with Crippen LogP contribution in [0.1, 0.15) is 26.7 Å². The second-order valence-corrected chi connectivity index (χ2v) is 6.74. The summed E-state index contributed by atoms with van der Waals surface area (Å²) < 4.78 is 10.9. The van der Waals surface area contributed by atoms with Crippen molar-refractivity contribution in [2.75, 3.05) is 0 Å². The highest BCUT2D eigenvalue weighted by atomic mass is 16.6. The molecule has 3 rings (SSSR count). The fraction of sp³-hybridized carbons (Fsp3) is 0.647. The van der Waals surface area contributed by atoms with Crippen molar-refractivity contribution in [1.82, 2.24) is 0 Å².